The normalized spacial score (nSPS) is 34.2. The number of carbonyl (C=O) groups excluding carboxylic acids is 1. The van der Waals surface area contributed by atoms with Gasteiger partial charge in [-0.15, -0.1) is 0 Å². The Morgan fingerprint density at radius 3 is 2.74 bits per heavy atom. The zero-order chi connectivity index (χ0) is 13.9. The quantitative estimate of drug-likeness (QED) is 0.811. The maximum Gasteiger partial charge on any atom is 0.240 e. The molecule has 2 rings (SSSR count). The third-order valence-electron chi connectivity index (χ3n) is 4.59. The Kier molecular flexibility index (Phi) is 4.85. The van der Waals surface area contributed by atoms with E-state index in [1.54, 1.807) is 0 Å². The molecule has 0 aromatic heterocycles. The van der Waals surface area contributed by atoms with Crippen LogP contribution in [0.4, 0.5) is 0 Å². The largest absolute Gasteiger partial charge is 0.351 e. The number of nitrogens with zero attached hydrogens (tertiary/aromatic N) is 1. The third-order valence-corrected chi connectivity index (χ3v) is 4.59. The summed E-state index contributed by atoms with van der Waals surface area (Å²) in [5.41, 5.74) is 5.70. The van der Waals surface area contributed by atoms with Crippen LogP contribution in [0.25, 0.3) is 0 Å². The maximum absolute atomic E-state index is 12.4. The van der Waals surface area contributed by atoms with Crippen LogP contribution < -0.4 is 11.1 Å². The molecule has 2 aliphatic rings. The number of amides is 1. The molecule has 1 saturated carbocycles. The van der Waals surface area contributed by atoms with E-state index >= 15 is 0 Å². The second kappa shape index (κ2) is 6.23. The van der Waals surface area contributed by atoms with Gasteiger partial charge in [-0.2, -0.15) is 0 Å². The van der Waals surface area contributed by atoms with E-state index < -0.39 is 5.54 Å². The molecule has 110 valence electrons. The molecule has 1 aliphatic heterocycles. The van der Waals surface area contributed by atoms with E-state index in [-0.39, 0.29) is 11.9 Å². The van der Waals surface area contributed by atoms with Gasteiger partial charge in [0.25, 0.3) is 0 Å². The fourth-order valence-electron chi connectivity index (χ4n) is 3.56. The summed E-state index contributed by atoms with van der Waals surface area (Å²) in [6.45, 7) is 7.58. The Morgan fingerprint density at radius 2 is 2.11 bits per heavy atom. The van der Waals surface area contributed by atoms with Crippen molar-refractivity contribution in [1.82, 2.24) is 10.2 Å². The van der Waals surface area contributed by atoms with Crippen molar-refractivity contribution in [2.75, 3.05) is 19.6 Å². The van der Waals surface area contributed by atoms with Crippen molar-refractivity contribution in [3.63, 3.8) is 0 Å². The Morgan fingerprint density at radius 1 is 1.42 bits per heavy atom. The molecule has 0 aromatic carbocycles. The summed E-state index contributed by atoms with van der Waals surface area (Å²) in [7, 11) is 0. The number of hydrogen-bond donors (Lipinski definition) is 2. The summed E-state index contributed by atoms with van der Waals surface area (Å²) >= 11 is 0. The van der Waals surface area contributed by atoms with Gasteiger partial charge < -0.3 is 16.0 Å². The van der Waals surface area contributed by atoms with Gasteiger partial charge in [0.2, 0.25) is 5.91 Å². The molecule has 0 bridgehead atoms. The third kappa shape index (κ3) is 3.93. The lowest BCUT2D eigenvalue weighted by Gasteiger charge is -2.36. The van der Waals surface area contributed by atoms with E-state index in [9.17, 15) is 4.79 Å². The molecule has 4 nitrogen and oxygen atoms in total. The molecule has 4 heteroatoms. The van der Waals surface area contributed by atoms with Crippen LogP contribution in [0.1, 0.15) is 52.4 Å². The minimum atomic E-state index is -0.628. The van der Waals surface area contributed by atoms with Gasteiger partial charge in [0, 0.05) is 12.6 Å². The zero-order valence-corrected chi connectivity index (χ0v) is 12.5. The van der Waals surface area contributed by atoms with Crippen molar-refractivity contribution in [3.05, 3.63) is 0 Å². The first-order valence-electron chi connectivity index (χ1n) is 7.82. The molecule has 3 unspecified atom stereocenters. The summed E-state index contributed by atoms with van der Waals surface area (Å²) in [5.74, 6) is 0.629. The van der Waals surface area contributed by atoms with Crippen molar-refractivity contribution in [3.8, 4) is 0 Å². The highest BCUT2D eigenvalue weighted by Gasteiger charge is 2.38. The van der Waals surface area contributed by atoms with Crippen LogP contribution in [0, 0.1) is 5.92 Å². The summed E-state index contributed by atoms with van der Waals surface area (Å²) in [6.07, 6.45) is 6.52. The lowest BCUT2D eigenvalue weighted by Crippen LogP contribution is -2.58. The first-order valence-corrected chi connectivity index (χ1v) is 7.82. The molecule has 3 atom stereocenters. The number of nitrogens with two attached hydrogens (primary N) is 1. The molecule has 1 saturated heterocycles. The van der Waals surface area contributed by atoms with Gasteiger partial charge in [-0.1, -0.05) is 19.8 Å². The molecule has 3 N–H and O–H groups in total. The van der Waals surface area contributed by atoms with Crippen LogP contribution in [-0.4, -0.2) is 42.0 Å². The highest BCUT2D eigenvalue weighted by Crippen LogP contribution is 2.30. The van der Waals surface area contributed by atoms with Gasteiger partial charge in [-0.3, -0.25) is 4.79 Å². The molecule has 19 heavy (non-hydrogen) atoms. The molecular formula is C15H29N3O. The van der Waals surface area contributed by atoms with Crippen LogP contribution in [0.3, 0.4) is 0 Å². The highest BCUT2D eigenvalue weighted by molar-refractivity contribution is 5.86. The zero-order valence-electron chi connectivity index (χ0n) is 12.5. The number of carbonyl (C=O) groups is 1. The van der Waals surface area contributed by atoms with E-state index in [0.29, 0.717) is 5.92 Å². The SMILES string of the molecule is CC1CCCC(N)(C(=O)NC(C)CN2CCCC2)C1. The Bertz CT molecular complexity index is 315. The van der Waals surface area contributed by atoms with Crippen LogP contribution >= 0.6 is 0 Å². The van der Waals surface area contributed by atoms with E-state index in [1.165, 1.54) is 32.4 Å². The summed E-state index contributed by atoms with van der Waals surface area (Å²) in [5, 5.41) is 3.13. The van der Waals surface area contributed by atoms with Crippen LogP contribution in [0.5, 0.6) is 0 Å². The number of nitrogens with one attached hydrogen (secondary N) is 1. The predicted octanol–water partition coefficient (Wildman–Crippen LogP) is 1.49. The molecule has 1 amide bonds. The number of likely N-dealkylation sites (tertiary alicyclic amines) is 1. The first-order chi connectivity index (χ1) is 8.99. The summed E-state index contributed by atoms with van der Waals surface area (Å²) in [6, 6.07) is 0.197. The van der Waals surface area contributed by atoms with Crippen molar-refractivity contribution < 1.29 is 4.79 Å². The Labute approximate surface area is 117 Å². The molecule has 2 fully saturated rings. The lowest BCUT2D eigenvalue weighted by atomic mass is 9.76. The number of rotatable bonds is 4. The average molecular weight is 267 g/mol. The number of hydrogen-bond acceptors (Lipinski definition) is 3. The van der Waals surface area contributed by atoms with Crippen LogP contribution in [-0.2, 0) is 4.79 Å². The topological polar surface area (TPSA) is 58.4 Å². The van der Waals surface area contributed by atoms with Crippen molar-refractivity contribution in [1.29, 1.82) is 0 Å². The smallest absolute Gasteiger partial charge is 0.240 e. The first kappa shape index (κ1) is 14.8. The Balaban J connectivity index is 1.81. The highest BCUT2D eigenvalue weighted by atomic mass is 16.2. The van der Waals surface area contributed by atoms with E-state index in [2.05, 4.69) is 24.1 Å². The maximum atomic E-state index is 12.4. The van der Waals surface area contributed by atoms with E-state index in [0.717, 1.165) is 25.8 Å². The molecule has 1 heterocycles. The average Bonchev–Trinajstić information content (AvgIpc) is 2.81. The van der Waals surface area contributed by atoms with E-state index in [1.807, 2.05) is 0 Å². The van der Waals surface area contributed by atoms with Gasteiger partial charge in [-0.05, 0) is 51.6 Å². The standard InChI is InChI=1S/C15H29N3O/c1-12-6-5-7-15(16,10-12)14(19)17-13(2)11-18-8-3-4-9-18/h12-13H,3-11,16H2,1-2H3,(H,17,19). The van der Waals surface area contributed by atoms with Gasteiger partial charge in [0.1, 0.15) is 0 Å². The molecule has 1 aliphatic carbocycles. The van der Waals surface area contributed by atoms with Crippen LogP contribution in [0.2, 0.25) is 0 Å². The Hall–Kier alpha value is -0.610. The second-order valence-corrected chi connectivity index (χ2v) is 6.74. The molecule has 0 radical (unpaired) electrons. The van der Waals surface area contributed by atoms with Crippen molar-refractivity contribution in [2.24, 2.45) is 11.7 Å². The van der Waals surface area contributed by atoms with E-state index in [4.69, 9.17) is 5.73 Å². The minimum absolute atomic E-state index is 0.0609. The van der Waals surface area contributed by atoms with Gasteiger partial charge >= 0.3 is 0 Å². The van der Waals surface area contributed by atoms with Gasteiger partial charge in [0.05, 0.1) is 5.54 Å². The van der Waals surface area contributed by atoms with Gasteiger partial charge in [0.15, 0.2) is 0 Å². The predicted molar refractivity (Wildman–Crippen MR) is 77.8 cm³/mol. The van der Waals surface area contributed by atoms with Gasteiger partial charge in [-0.25, -0.2) is 0 Å². The van der Waals surface area contributed by atoms with Crippen molar-refractivity contribution in [2.45, 2.75) is 64.0 Å². The summed E-state index contributed by atoms with van der Waals surface area (Å²) < 4.78 is 0. The fourth-order valence-corrected chi connectivity index (χ4v) is 3.56. The molecule has 0 aromatic rings. The fraction of sp³-hybridized carbons (Fsp3) is 0.933. The lowest BCUT2D eigenvalue weighted by molar-refractivity contribution is -0.128. The summed E-state index contributed by atoms with van der Waals surface area (Å²) in [4.78, 5) is 14.8. The molecule has 0 spiro atoms. The van der Waals surface area contributed by atoms with Crippen molar-refractivity contribution >= 4 is 5.91 Å². The monoisotopic (exact) mass is 267 g/mol. The van der Waals surface area contributed by atoms with Crippen LogP contribution in [0.15, 0.2) is 0 Å². The second-order valence-electron chi connectivity index (χ2n) is 6.74. The minimum Gasteiger partial charge on any atom is -0.351 e. The molecular weight excluding hydrogens is 238 g/mol.